The summed E-state index contributed by atoms with van der Waals surface area (Å²) in [7, 11) is 0. The Morgan fingerprint density at radius 1 is 1.38 bits per heavy atom. The second-order valence-corrected chi connectivity index (χ2v) is 7.30. The normalized spacial score (nSPS) is 15.0. The summed E-state index contributed by atoms with van der Waals surface area (Å²) in [6, 6.07) is 7.46. The van der Waals surface area contributed by atoms with E-state index in [0.29, 0.717) is 25.1 Å². The highest BCUT2D eigenvalue weighted by Gasteiger charge is 2.20. The van der Waals surface area contributed by atoms with Crippen LogP contribution in [-0.4, -0.2) is 41.5 Å². The van der Waals surface area contributed by atoms with Gasteiger partial charge in [0.1, 0.15) is 0 Å². The second-order valence-electron chi connectivity index (χ2n) is 7.30. The Labute approximate surface area is 144 Å². The topological polar surface area (TPSA) is 69.6 Å². The smallest absolute Gasteiger partial charge is 0.251 e. The molecular weight excluding hydrogens is 304 g/mol. The average molecular weight is 332 g/mol. The molecule has 1 fully saturated rings. The minimum atomic E-state index is -0.104. The zero-order valence-electron chi connectivity index (χ0n) is 14.7. The first kappa shape index (κ1) is 18.5. The Bertz CT molecular complexity index is 584. The van der Waals surface area contributed by atoms with E-state index in [4.69, 9.17) is 0 Å². The number of hydrogen-bond donors (Lipinski definition) is 2. The Hall–Kier alpha value is -1.88. The van der Waals surface area contributed by atoms with Gasteiger partial charge in [-0.15, -0.1) is 0 Å². The van der Waals surface area contributed by atoms with E-state index in [9.17, 15) is 14.7 Å². The van der Waals surface area contributed by atoms with Crippen LogP contribution in [0.3, 0.4) is 0 Å². The highest BCUT2D eigenvalue weighted by Crippen LogP contribution is 2.20. The van der Waals surface area contributed by atoms with Crippen LogP contribution in [0.25, 0.3) is 0 Å². The lowest BCUT2D eigenvalue weighted by Crippen LogP contribution is -2.27. The largest absolute Gasteiger partial charge is 0.396 e. The van der Waals surface area contributed by atoms with Crippen LogP contribution < -0.4 is 5.32 Å². The highest BCUT2D eigenvalue weighted by molar-refractivity contribution is 5.94. The third kappa shape index (κ3) is 5.34. The van der Waals surface area contributed by atoms with Crippen LogP contribution in [0.5, 0.6) is 0 Å². The minimum Gasteiger partial charge on any atom is -0.396 e. The standard InChI is InChI=1S/C19H28N2O3/c1-19(2,14-22)9-5-10-20-18(24)16-7-3-6-15(12-16)13-21-11-4-8-17(21)23/h3,6-7,12,22H,4-5,8-11,13-14H2,1-2H3,(H,20,24). The number of amides is 2. The fourth-order valence-electron chi connectivity index (χ4n) is 2.85. The molecule has 0 aromatic heterocycles. The third-order valence-electron chi connectivity index (χ3n) is 4.48. The molecule has 2 N–H and O–H groups in total. The molecule has 2 amide bonds. The monoisotopic (exact) mass is 332 g/mol. The highest BCUT2D eigenvalue weighted by atomic mass is 16.3. The van der Waals surface area contributed by atoms with E-state index in [1.54, 1.807) is 6.07 Å². The van der Waals surface area contributed by atoms with Gasteiger partial charge in [-0.05, 0) is 42.4 Å². The van der Waals surface area contributed by atoms with E-state index in [-0.39, 0.29) is 23.8 Å². The lowest BCUT2D eigenvalue weighted by Gasteiger charge is -2.21. The van der Waals surface area contributed by atoms with Crippen molar-refractivity contribution in [2.75, 3.05) is 19.7 Å². The van der Waals surface area contributed by atoms with Gasteiger partial charge in [0, 0.05) is 38.2 Å². The van der Waals surface area contributed by atoms with Gasteiger partial charge in [-0.2, -0.15) is 0 Å². The van der Waals surface area contributed by atoms with Crippen LogP contribution in [0, 0.1) is 5.41 Å². The Kier molecular flexibility index (Phi) is 6.37. The van der Waals surface area contributed by atoms with Gasteiger partial charge in [-0.25, -0.2) is 0 Å². The molecule has 0 radical (unpaired) electrons. The molecule has 24 heavy (non-hydrogen) atoms. The number of nitrogens with one attached hydrogen (secondary N) is 1. The number of rotatable bonds is 8. The predicted molar refractivity (Wildman–Crippen MR) is 93.5 cm³/mol. The fraction of sp³-hybridized carbons (Fsp3) is 0.579. The second kappa shape index (κ2) is 8.29. The number of nitrogens with zero attached hydrogens (tertiary/aromatic N) is 1. The quantitative estimate of drug-likeness (QED) is 0.718. The summed E-state index contributed by atoms with van der Waals surface area (Å²) < 4.78 is 0. The van der Waals surface area contributed by atoms with E-state index in [1.807, 2.05) is 36.9 Å². The molecule has 1 heterocycles. The molecule has 5 nitrogen and oxygen atoms in total. The van der Waals surface area contributed by atoms with Crippen LogP contribution >= 0.6 is 0 Å². The zero-order chi connectivity index (χ0) is 17.6. The molecule has 1 saturated heterocycles. The molecule has 0 bridgehead atoms. The van der Waals surface area contributed by atoms with Gasteiger partial charge in [-0.1, -0.05) is 26.0 Å². The van der Waals surface area contributed by atoms with Crippen LogP contribution in [0.1, 0.15) is 55.5 Å². The van der Waals surface area contributed by atoms with Crippen LogP contribution in [0.2, 0.25) is 0 Å². The molecule has 1 aromatic rings. The molecule has 1 aliphatic heterocycles. The van der Waals surface area contributed by atoms with Crippen molar-refractivity contribution in [2.24, 2.45) is 5.41 Å². The molecule has 2 rings (SSSR count). The summed E-state index contributed by atoms with van der Waals surface area (Å²) in [5.74, 6) is 0.0998. The molecular formula is C19H28N2O3. The van der Waals surface area contributed by atoms with Crippen LogP contribution in [-0.2, 0) is 11.3 Å². The number of carbonyl (C=O) groups is 2. The first-order chi connectivity index (χ1) is 11.4. The first-order valence-corrected chi connectivity index (χ1v) is 8.67. The Morgan fingerprint density at radius 2 is 2.17 bits per heavy atom. The van der Waals surface area contributed by atoms with E-state index in [0.717, 1.165) is 31.4 Å². The Morgan fingerprint density at radius 3 is 2.83 bits per heavy atom. The van der Waals surface area contributed by atoms with Gasteiger partial charge < -0.3 is 15.3 Å². The molecule has 0 spiro atoms. The summed E-state index contributed by atoms with van der Waals surface area (Å²) in [6.07, 6.45) is 3.25. The molecule has 1 aromatic carbocycles. The first-order valence-electron chi connectivity index (χ1n) is 8.67. The summed E-state index contributed by atoms with van der Waals surface area (Å²) in [4.78, 5) is 25.8. The zero-order valence-corrected chi connectivity index (χ0v) is 14.7. The molecule has 5 heteroatoms. The number of aliphatic hydroxyl groups is 1. The van der Waals surface area contributed by atoms with Gasteiger partial charge >= 0.3 is 0 Å². The van der Waals surface area contributed by atoms with Crippen molar-refractivity contribution in [3.05, 3.63) is 35.4 Å². The lowest BCUT2D eigenvalue weighted by molar-refractivity contribution is -0.128. The average Bonchev–Trinajstić information content (AvgIpc) is 2.96. The number of benzene rings is 1. The summed E-state index contributed by atoms with van der Waals surface area (Å²) in [6.45, 7) is 6.14. The van der Waals surface area contributed by atoms with Crippen molar-refractivity contribution in [1.82, 2.24) is 10.2 Å². The maximum Gasteiger partial charge on any atom is 0.251 e. The van der Waals surface area contributed by atoms with Gasteiger partial charge in [0.15, 0.2) is 0 Å². The van der Waals surface area contributed by atoms with E-state index < -0.39 is 0 Å². The number of likely N-dealkylation sites (tertiary alicyclic amines) is 1. The minimum absolute atomic E-state index is 0.0913. The molecule has 0 atom stereocenters. The third-order valence-corrected chi connectivity index (χ3v) is 4.48. The Balaban J connectivity index is 1.84. The number of hydrogen-bond acceptors (Lipinski definition) is 3. The molecule has 0 aliphatic carbocycles. The van der Waals surface area contributed by atoms with Crippen molar-refractivity contribution in [1.29, 1.82) is 0 Å². The van der Waals surface area contributed by atoms with Crippen molar-refractivity contribution in [3.63, 3.8) is 0 Å². The van der Waals surface area contributed by atoms with Crippen LogP contribution in [0.4, 0.5) is 0 Å². The van der Waals surface area contributed by atoms with Gasteiger partial charge in [-0.3, -0.25) is 9.59 Å². The molecule has 1 aliphatic rings. The van der Waals surface area contributed by atoms with E-state index in [2.05, 4.69) is 5.32 Å². The van der Waals surface area contributed by atoms with Crippen molar-refractivity contribution in [3.8, 4) is 0 Å². The van der Waals surface area contributed by atoms with E-state index in [1.165, 1.54) is 0 Å². The van der Waals surface area contributed by atoms with Crippen molar-refractivity contribution in [2.45, 2.75) is 46.1 Å². The predicted octanol–water partition coefficient (Wildman–Crippen LogP) is 2.34. The van der Waals surface area contributed by atoms with Gasteiger partial charge in [0.2, 0.25) is 5.91 Å². The molecule has 0 unspecified atom stereocenters. The fourth-order valence-corrected chi connectivity index (χ4v) is 2.85. The van der Waals surface area contributed by atoms with Crippen molar-refractivity contribution < 1.29 is 14.7 Å². The number of aliphatic hydroxyl groups excluding tert-OH is 1. The van der Waals surface area contributed by atoms with Gasteiger partial charge in [0.25, 0.3) is 5.91 Å². The maximum absolute atomic E-state index is 12.3. The lowest BCUT2D eigenvalue weighted by atomic mass is 9.89. The summed E-state index contributed by atoms with van der Waals surface area (Å²) in [5.41, 5.74) is 1.51. The van der Waals surface area contributed by atoms with Crippen molar-refractivity contribution >= 4 is 11.8 Å². The molecule has 0 saturated carbocycles. The van der Waals surface area contributed by atoms with E-state index >= 15 is 0 Å². The SMILES string of the molecule is CC(C)(CO)CCCNC(=O)c1cccc(CN2CCCC2=O)c1. The maximum atomic E-state index is 12.3. The van der Waals surface area contributed by atoms with Crippen LogP contribution in [0.15, 0.2) is 24.3 Å². The summed E-state index contributed by atoms with van der Waals surface area (Å²) in [5, 5.41) is 12.2. The molecule has 132 valence electrons. The number of carbonyl (C=O) groups excluding carboxylic acids is 2. The summed E-state index contributed by atoms with van der Waals surface area (Å²) >= 11 is 0. The van der Waals surface area contributed by atoms with Gasteiger partial charge in [0.05, 0.1) is 0 Å².